The summed E-state index contributed by atoms with van der Waals surface area (Å²) in [6, 6.07) is 10.6. The summed E-state index contributed by atoms with van der Waals surface area (Å²) in [5.74, 6) is 1.21. The van der Waals surface area contributed by atoms with Crippen LogP contribution in [0.15, 0.2) is 41.2 Å². The van der Waals surface area contributed by atoms with E-state index in [9.17, 15) is 9.59 Å². The van der Waals surface area contributed by atoms with Crippen molar-refractivity contribution in [2.24, 2.45) is 0 Å². The van der Waals surface area contributed by atoms with E-state index in [0.717, 1.165) is 16.3 Å². The van der Waals surface area contributed by atoms with E-state index in [1.807, 2.05) is 50.0 Å². The third-order valence-corrected chi connectivity index (χ3v) is 5.59. The molecule has 0 aliphatic carbocycles. The molecule has 2 aromatic heterocycles. The predicted octanol–water partition coefficient (Wildman–Crippen LogP) is 3.32. The predicted molar refractivity (Wildman–Crippen MR) is 128 cm³/mol. The van der Waals surface area contributed by atoms with Gasteiger partial charge in [-0.1, -0.05) is 55.9 Å². The number of hydrogen-bond donors (Lipinski definition) is 0. The van der Waals surface area contributed by atoms with E-state index in [0.29, 0.717) is 19.0 Å². The number of nitrogens with zero attached hydrogens (tertiary/aromatic N) is 4. The Hall–Kier alpha value is -3.55. The van der Waals surface area contributed by atoms with Crippen molar-refractivity contribution >= 4 is 14.0 Å². The standard InChI is InChI=1S/C24H27FN4O4Si/c1-6-28-21(16-33-15-17-10-8-7-9-11-17)27-29(24(28)31)22-19(25)14-18(23(30)32-2)20(26-22)12-13-34(3,4)5/h7-11,14H,6,15-16H2,1-5H3. The molecule has 0 atom stereocenters. The summed E-state index contributed by atoms with van der Waals surface area (Å²) in [5, 5.41) is 4.27. The zero-order valence-corrected chi connectivity index (χ0v) is 20.9. The Morgan fingerprint density at radius 1 is 1.18 bits per heavy atom. The number of methoxy groups -OCH3 is 1. The van der Waals surface area contributed by atoms with Crippen LogP contribution in [-0.2, 0) is 29.2 Å². The van der Waals surface area contributed by atoms with Gasteiger partial charge in [-0.3, -0.25) is 4.57 Å². The smallest absolute Gasteiger partial charge is 0.352 e. The van der Waals surface area contributed by atoms with Crippen LogP contribution in [0.5, 0.6) is 0 Å². The van der Waals surface area contributed by atoms with Crippen LogP contribution in [0.25, 0.3) is 5.82 Å². The summed E-state index contributed by atoms with van der Waals surface area (Å²) in [7, 11) is -0.641. The molecule has 2 heterocycles. The highest BCUT2D eigenvalue weighted by atomic mass is 28.3. The van der Waals surface area contributed by atoms with Crippen molar-refractivity contribution in [1.29, 1.82) is 0 Å². The fourth-order valence-corrected chi connectivity index (χ4v) is 3.56. The van der Waals surface area contributed by atoms with Gasteiger partial charge in [0.05, 0.1) is 19.3 Å². The average Bonchev–Trinajstić information content (AvgIpc) is 3.12. The summed E-state index contributed by atoms with van der Waals surface area (Å²) in [6.45, 7) is 8.56. The average molecular weight is 483 g/mol. The lowest BCUT2D eigenvalue weighted by atomic mass is 10.2. The first-order valence-corrected chi connectivity index (χ1v) is 14.3. The maximum absolute atomic E-state index is 15.0. The Morgan fingerprint density at radius 2 is 1.88 bits per heavy atom. The highest BCUT2D eigenvalue weighted by Gasteiger charge is 2.22. The molecule has 0 radical (unpaired) electrons. The van der Waals surface area contributed by atoms with Crippen molar-refractivity contribution in [2.45, 2.75) is 46.3 Å². The van der Waals surface area contributed by atoms with E-state index < -0.39 is 25.6 Å². The molecule has 3 aromatic rings. The number of carbonyl (C=O) groups is 1. The Bertz CT molecular complexity index is 1300. The van der Waals surface area contributed by atoms with Crippen LogP contribution in [0.3, 0.4) is 0 Å². The third-order valence-electron chi connectivity index (χ3n) is 4.72. The molecule has 178 valence electrons. The van der Waals surface area contributed by atoms with E-state index >= 15 is 4.39 Å². The zero-order valence-electron chi connectivity index (χ0n) is 19.9. The fraction of sp³-hybridized carbons (Fsp3) is 0.333. The molecule has 1 aromatic carbocycles. The Balaban J connectivity index is 2.02. The van der Waals surface area contributed by atoms with Gasteiger partial charge in [-0.15, -0.1) is 10.6 Å². The van der Waals surface area contributed by atoms with Crippen molar-refractivity contribution in [1.82, 2.24) is 19.3 Å². The number of esters is 1. The molecular weight excluding hydrogens is 455 g/mol. The lowest BCUT2D eigenvalue weighted by Crippen LogP contribution is -2.26. The quantitative estimate of drug-likeness (QED) is 0.292. The fourth-order valence-electron chi connectivity index (χ4n) is 3.07. The van der Waals surface area contributed by atoms with Crippen molar-refractivity contribution in [3.63, 3.8) is 0 Å². The monoisotopic (exact) mass is 482 g/mol. The summed E-state index contributed by atoms with van der Waals surface area (Å²) in [5.41, 5.74) is 3.44. The normalized spacial score (nSPS) is 11.1. The van der Waals surface area contributed by atoms with Crippen LogP contribution in [-0.4, -0.2) is 40.5 Å². The van der Waals surface area contributed by atoms with E-state index in [2.05, 4.69) is 21.5 Å². The number of hydrogen-bond acceptors (Lipinski definition) is 6. The molecule has 10 heteroatoms. The van der Waals surface area contributed by atoms with Gasteiger partial charge < -0.3 is 9.47 Å². The maximum Gasteiger partial charge on any atom is 0.352 e. The van der Waals surface area contributed by atoms with Gasteiger partial charge in [0.1, 0.15) is 20.4 Å². The van der Waals surface area contributed by atoms with Crippen LogP contribution in [0.2, 0.25) is 19.6 Å². The Morgan fingerprint density at radius 3 is 2.50 bits per heavy atom. The van der Waals surface area contributed by atoms with E-state index in [4.69, 9.17) is 9.47 Å². The number of aromatic nitrogens is 4. The first-order chi connectivity index (χ1) is 16.1. The van der Waals surface area contributed by atoms with Crippen molar-refractivity contribution in [2.75, 3.05) is 7.11 Å². The summed E-state index contributed by atoms with van der Waals surface area (Å²) in [4.78, 5) is 29.4. The van der Waals surface area contributed by atoms with Gasteiger partial charge in [-0.2, -0.15) is 4.68 Å². The van der Waals surface area contributed by atoms with Crippen LogP contribution in [0.4, 0.5) is 4.39 Å². The van der Waals surface area contributed by atoms with Gasteiger partial charge in [0.15, 0.2) is 17.5 Å². The second kappa shape index (κ2) is 10.6. The molecule has 0 amide bonds. The third kappa shape index (κ3) is 5.87. The molecule has 0 saturated heterocycles. The zero-order chi connectivity index (χ0) is 24.9. The second-order valence-electron chi connectivity index (χ2n) is 8.51. The lowest BCUT2D eigenvalue weighted by molar-refractivity contribution is 0.0599. The lowest BCUT2D eigenvalue weighted by Gasteiger charge is -2.08. The molecule has 0 bridgehead atoms. The topological polar surface area (TPSA) is 88.2 Å². The molecule has 0 saturated carbocycles. The van der Waals surface area contributed by atoms with Crippen molar-refractivity contribution in [3.05, 3.63) is 75.3 Å². The molecule has 34 heavy (non-hydrogen) atoms. The first kappa shape index (κ1) is 25.1. The Labute approximate surface area is 198 Å². The molecule has 0 aliphatic rings. The van der Waals surface area contributed by atoms with E-state index in [1.54, 1.807) is 6.92 Å². The van der Waals surface area contributed by atoms with Crippen molar-refractivity contribution in [3.8, 4) is 17.3 Å². The largest absolute Gasteiger partial charge is 0.465 e. The molecule has 3 rings (SSSR count). The van der Waals surface area contributed by atoms with Crippen LogP contribution < -0.4 is 5.69 Å². The molecule has 0 fully saturated rings. The SMILES string of the molecule is CCn1c(COCc2ccccc2)nn(-c2nc(C#C[Si](C)(C)C)c(C(=O)OC)cc2F)c1=O. The number of ether oxygens (including phenoxy) is 2. The van der Waals surface area contributed by atoms with Crippen molar-refractivity contribution < 1.29 is 18.7 Å². The van der Waals surface area contributed by atoms with Crippen LogP contribution in [0.1, 0.15) is 34.4 Å². The van der Waals surface area contributed by atoms with Gasteiger partial charge in [0.2, 0.25) is 0 Å². The number of pyridine rings is 1. The maximum atomic E-state index is 15.0. The minimum atomic E-state index is -1.83. The molecular formula is C24H27FN4O4Si. The number of benzene rings is 1. The van der Waals surface area contributed by atoms with E-state index in [1.165, 1.54) is 11.7 Å². The number of carbonyl (C=O) groups excluding carboxylic acids is 1. The van der Waals surface area contributed by atoms with Gasteiger partial charge in [0.25, 0.3) is 0 Å². The van der Waals surface area contributed by atoms with Crippen LogP contribution >= 0.6 is 0 Å². The minimum Gasteiger partial charge on any atom is -0.465 e. The van der Waals surface area contributed by atoms with Gasteiger partial charge in [0, 0.05) is 6.54 Å². The molecule has 0 aliphatic heterocycles. The number of rotatable bonds is 7. The second-order valence-corrected chi connectivity index (χ2v) is 13.3. The van der Waals surface area contributed by atoms with Crippen LogP contribution in [0, 0.1) is 17.3 Å². The highest BCUT2D eigenvalue weighted by Crippen LogP contribution is 2.16. The van der Waals surface area contributed by atoms with Gasteiger partial charge in [-0.05, 0) is 18.6 Å². The molecule has 0 unspecified atom stereocenters. The molecule has 8 nitrogen and oxygen atoms in total. The summed E-state index contributed by atoms with van der Waals surface area (Å²) >= 11 is 0. The molecule has 0 spiro atoms. The number of halogens is 1. The molecule has 0 N–H and O–H groups in total. The Kier molecular flexibility index (Phi) is 7.81. The van der Waals surface area contributed by atoms with Gasteiger partial charge >= 0.3 is 11.7 Å². The first-order valence-electron chi connectivity index (χ1n) is 10.8. The van der Waals surface area contributed by atoms with Gasteiger partial charge in [-0.25, -0.2) is 19.0 Å². The summed E-state index contributed by atoms with van der Waals surface area (Å²) < 4.78 is 27.8. The minimum absolute atomic E-state index is 0.0329. The van der Waals surface area contributed by atoms with E-state index in [-0.39, 0.29) is 23.7 Å². The summed E-state index contributed by atoms with van der Waals surface area (Å²) in [6.07, 6.45) is 0. The highest BCUT2D eigenvalue weighted by molar-refractivity contribution is 6.83.